The van der Waals surface area contributed by atoms with E-state index in [2.05, 4.69) is 22.8 Å². The molecule has 2 atom stereocenters. The van der Waals surface area contributed by atoms with Crippen molar-refractivity contribution in [2.24, 2.45) is 23.7 Å². The maximum absolute atomic E-state index is 14.0. The number of rotatable bonds is 11. The van der Waals surface area contributed by atoms with Crippen LogP contribution in [0.4, 0.5) is 0 Å². The van der Waals surface area contributed by atoms with Crippen LogP contribution in [0.1, 0.15) is 74.5 Å². The predicted molar refractivity (Wildman–Crippen MR) is 164 cm³/mol. The Labute approximate surface area is 255 Å². The van der Waals surface area contributed by atoms with Crippen LogP contribution < -0.4 is 10.6 Å². The Hall–Kier alpha value is -4.17. The third-order valence-electron chi connectivity index (χ3n) is 9.07. The average Bonchev–Trinajstić information content (AvgIpc) is 3.06. The molecule has 2 saturated carbocycles. The van der Waals surface area contributed by atoms with E-state index in [4.69, 9.17) is 0 Å². The largest absolute Gasteiger partial charge is 0.354 e. The van der Waals surface area contributed by atoms with Gasteiger partial charge in [-0.2, -0.15) is 10.5 Å². The molecular weight excluding hydrogens is 538 g/mol. The van der Waals surface area contributed by atoms with Crippen molar-refractivity contribution in [2.75, 3.05) is 13.6 Å². The van der Waals surface area contributed by atoms with Gasteiger partial charge in [-0.25, -0.2) is 0 Å². The Morgan fingerprint density at radius 2 is 1.53 bits per heavy atom. The Balaban J connectivity index is 1.50. The minimum absolute atomic E-state index is 0.0136. The Bertz CT molecular complexity index is 1300. The summed E-state index contributed by atoms with van der Waals surface area (Å²) < 4.78 is 0. The van der Waals surface area contributed by atoms with E-state index in [0.29, 0.717) is 24.6 Å². The number of nitrogens with zero attached hydrogens (tertiary/aromatic N) is 3. The Morgan fingerprint density at radius 3 is 2.16 bits per heavy atom. The zero-order valence-corrected chi connectivity index (χ0v) is 25.1. The number of hydrogen-bond acceptors (Lipinski definition) is 5. The van der Waals surface area contributed by atoms with E-state index in [9.17, 15) is 24.9 Å². The van der Waals surface area contributed by atoms with Crippen LogP contribution in [0.5, 0.6) is 0 Å². The molecule has 0 radical (unpaired) electrons. The smallest absolute Gasteiger partial charge is 0.242 e. The molecule has 0 saturated heterocycles. The van der Waals surface area contributed by atoms with Gasteiger partial charge in [0.2, 0.25) is 17.7 Å². The number of carbonyl (C=O) groups is 3. The molecule has 2 aromatic carbocycles. The van der Waals surface area contributed by atoms with Crippen molar-refractivity contribution in [1.29, 1.82) is 10.5 Å². The first-order valence-electron chi connectivity index (χ1n) is 15.6. The summed E-state index contributed by atoms with van der Waals surface area (Å²) in [5, 5.41) is 24.6. The zero-order valence-electron chi connectivity index (χ0n) is 25.1. The van der Waals surface area contributed by atoms with Crippen LogP contribution >= 0.6 is 0 Å². The lowest BCUT2D eigenvalue weighted by Crippen LogP contribution is -2.55. The molecule has 0 aliphatic heterocycles. The second-order valence-electron chi connectivity index (χ2n) is 12.2. The van der Waals surface area contributed by atoms with Crippen molar-refractivity contribution in [3.63, 3.8) is 0 Å². The molecule has 1 unspecified atom stereocenters. The first-order valence-corrected chi connectivity index (χ1v) is 15.6. The van der Waals surface area contributed by atoms with E-state index in [1.807, 2.05) is 30.3 Å². The molecule has 2 aliphatic rings. The highest BCUT2D eigenvalue weighted by molar-refractivity contribution is 6.02. The number of nitriles is 2. The van der Waals surface area contributed by atoms with Gasteiger partial charge in [-0.05, 0) is 80.0 Å². The summed E-state index contributed by atoms with van der Waals surface area (Å²) in [6.07, 6.45) is 8.54. The zero-order chi connectivity index (χ0) is 30.6. The highest BCUT2D eigenvalue weighted by Gasteiger charge is 2.36. The second-order valence-corrected chi connectivity index (χ2v) is 12.2. The summed E-state index contributed by atoms with van der Waals surface area (Å²) >= 11 is 0. The fourth-order valence-corrected chi connectivity index (χ4v) is 6.41. The van der Waals surface area contributed by atoms with Crippen molar-refractivity contribution in [1.82, 2.24) is 15.5 Å². The Morgan fingerprint density at radius 1 is 0.860 bits per heavy atom. The van der Waals surface area contributed by atoms with Gasteiger partial charge in [0, 0.05) is 26.1 Å². The summed E-state index contributed by atoms with van der Waals surface area (Å²) in [5.74, 6) is -1.54. The molecule has 0 aromatic heterocycles. The number of benzene rings is 2. The molecule has 2 fully saturated rings. The molecule has 4 rings (SSSR count). The van der Waals surface area contributed by atoms with Gasteiger partial charge in [-0.1, -0.05) is 61.7 Å². The van der Waals surface area contributed by atoms with E-state index < -0.39 is 17.9 Å². The average molecular weight is 582 g/mol. The summed E-state index contributed by atoms with van der Waals surface area (Å²) in [5.41, 5.74) is 2.24. The lowest BCUT2D eigenvalue weighted by Gasteiger charge is -2.32. The van der Waals surface area contributed by atoms with E-state index in [1.54, 1.807) is 36.2 Å². The predicted octanol–water partition coefficient (Wildman–Crippen LogP) is 4.89. The third kappa shape index (κ3) is 9.16. The Kier molecular flexibility index (Phi) is 11.7. The van der Waals surface area contributed by atoms with Crippen LogP contribution in [-0.4, -0.2) is 42.3 Å². The number of carbonyl (C=O) groups excluding carboxylic acids is 3. The molecule has 3 amide bonds. The van der Waals surface area contributed by atoms with E-state index in [1.165, 1.54) is 0 Å². The molecule has 8 nitrogen and oxygen atoms in total. The van der Waals surface area contributed by atoms with Gasteiger partial charge in [-0.3, -0.25) is 14.4 Å². The lowest BCUT2D eigenvalue weighted by atomic mass is 9.82. The summed E-state index contributed by atoms with van der Waals surface area (Å²) in [4.78, 5) is 43.0. The summed E-state index contributed by atoms with van der Waals surface area (Å²) in [6, 6.07) is 20.3. The van der Waals surface area contributed by atoms with Crippen molar-refractivity contribution in [2.45, 2.75) is 76.8 Å². The fraction of sp³-hybridized carbons (Fsp3) is 0.514. The van der Waals surface area contributed by atoms with Crippen molar-refractivity contribution in [3.05, 3.63) is 71.3 Å². The van der Waals surface area contributed by atoms with Gasteiger partial charge < -0.3 is 15.5 Å². The minimum Gasteiger partial charge on any atom is -0.354 e. The fourth-order valence-electron chi connectivity index (χ4n) is 6.41. The molecule has 226 valence electrons. The minimum atomic E-state index is -1.03. The van der Waals surface area contributed by atoms with Crippen molar-refractivity contribution in [3.8, 4) is 12.1 Å². The van der Waals surface area contributed by atoms with Crippen LogP contribution in [0.2, 0.25) is 0 Å². The van der Waals surface area contributed by atoms with Crippen LogP contribution in [0.25, 0.3) is 0 Å². The quantitative estimate of drug-likeness (QED) is 0.366. The topological polar surface area (TPSA) is 126 Å². The molecule has 8 heteroatoms. The van der Waals surface area contributed by atoms with Gasteiger partial charge in [0.15, 0.2) is 0 Å². The molecular formula is C35H43N5O3. The van der Waals surface area contributed by atoms with Crippen LogP contribution in [0, 0.1) is 46.3 Å². The van der Waals surface area contributed by atoms with Crippen LogP contribution in [0.15, 0.2) is 54.6 Å². The summed E-state index contributed by atoms with van der Waals surface area (Å²) in [7, 11) is 1.70. The maximum atomic E-state index is 14.0. The van der Waals surface area contributed by atoms with Gasteiger partial charge in [-0.15, -0.1) is 0 Å². The van der Waals surface area contributed by atoms with Gasteiger partial charge in [0.1, 0.15) is 12.0 Å². The molecule has 2 aromatic rings. The monoisotopic (exact) mass is 581 g/mol. The first-order chi connectivity index (χ1) is 20.9. The van der Waals surface area contributed by atoms with Gasteiger partial charge >= 0.3 is 0 Å². The van der Waals surface area contributed by atoms with Crippen LogP contribution in [0.3, 0.4) is 0 Å². The highest BCUT2D eigenvalue weighted by atomic mass is 16.2. The third-order valence-corrected chi connectivity index (χ3v) is 9.07. The number of nitrogens with one attached hydrogen (secondary N) is 2. The highest BCUT2D eigenvalue weighted by Crippen LogP contribution is 2.29. The van der Waals surface area contributed by atoms with Crippen molar-refractivity contribution >= 4 is 17.7 Å². The molecule has 0 spiro atoms. The first kappa shape index (κ1) is 31.8. The maximum Gasteiger partial charge on any atom is 0.242 e. The molecule has 2 N–H and O–H groups in total. The van der Waals surface area contributed by atoms with Gasteiger partial charge in [0.25, 0.3) is 0 Å². The lowest BCUT2D eigenvalue weighted by molar-refractivity contribution is -0.143. The normalized spacial score (nSPS) is 20.1. The van der Waals surface area contributed by atoms with Crippen molar-refractivity contribution < 1.29 is 14.4 Å². The standard InChI is InChI=1S/C35H43N5O3/c1-40(24-29-8-4-2-5-9-29)35(43)31(20-25-12-14-26(21-36)15-13-25)33(41)39-32(30-10-6-3-7-11-30)34(42)38-23-28-18-16-27(22-37)17-19-28/h2,4-5,8-9,12-15,27-28,30-32H,3,6-7,10-11,16-20,23-24H2,1H3,(H,38,42)(H,39,41)/t27?,28?,31?,32-/m0/s1. The van der Waals surface area contributed by atoms with E-state index in [0.717, 1.165) is 68.9 Å². The van der Waals surface area contributed by atoms with Gasteiger partial charge in [0.05, 0.1) is 17.7 Å². The summed E-state index contributed by atoms with van der Waals surface area (Å²) in [6.45, 7) is 0.890. The van der Waals surface area contributed by atoms with E-state index >= 15 is 0 Å². The second kappa shape index (κ2) is 15.9. The van der Waals surface area contributed by atoms with E-state index in [-0.39, 0.29) is 30.1 Å². The molecule has 0 bridgehead atoms. The number of amides is 3. The molecule has 0 heterocycles. The SMILES string of the molecule is CN(Cc1ccccc1)C(=O)C(Cc1ccc(C#N)cc1)C(=O)N[C@H](C(=O)NCC1CCC(C#N)CC1)C1CCCCC1. The molecule has 2 aliphatic carbocycles. The molecule has 43 heavy (non-hydrogen) atoms. The number of hydrogen-bond donors (Lipinski definition) is 2. The van der Waals surface area contributed by atoms with Crippen LogP contribution in [-0.2, 0) is 27.3 Å².